The lowest BCUT2D eigenvalue weighted by Gasteiger charge is -2.26. The summed E-state index contributed by atoms with van der Waals surface area (Å²) in [7, 11) is 0. The van der Waals surface area contributed by atoms with Crippen molar-refractivity contribution in [2.75, 3.05) is 26.2 Å². The maximum Gasteiger partial charge on any atom is 0.151 e. The van der Waals surface area contributed by atoms with E-state index in [4.69, 9.17) is 5.73 Å². The number of nitrogens with one attached hydrogen (secondary N) is 1. The predicted octanol–water partition coefficient (Wildman–Crippen LogP) is -0.0234. The minimum atomic E-state index is 0.0871. The summed E-state index contributed by atoms with van der Waals surface area (Å²) in [6.45, 7) is 7.74. The van der Waals surface area contributed by atoms with Crippen molar-refractivity contribution in [1.82, 2.24) is 10.2 Å². The summed E-state index contributed by atoms with van der Waals surface area (Å²) in [4.78, 5) is 13.7. The van der Waals surface area contributed by atoms with Gasteiger partial charge in [-0.05, 0) is 20.3 Å². The lowest BCUT2D eigenvalue weighted by atomic mass is 10.1. The van der Waals surface area contributed by atoms with Crippen LogP contribution in [0, 0.1) is 0 Å². The highest BCUT2D eigenvalue weighted by atomic mass is 16.1. The van der Waals surface area contributed by atoms with Gasteiger partial charge in [0.1, 0.15) is 0 Å². The fourth-order valence-corrected chi connectivity index (χ4v) is 2.01. The Labute approximate surface area is 92.2 Å². The van der Waals surface area contributed by atoms with Gasteiger partial charge < -0.3 is 11.1 Å². The number of carbonyl (C=O) groups excluding carboxylic acids is 1. The van der Waals surface area contributed by atoms with Crippen LogP contribution in [0.4, 0.5) is 0 Å². The van der Waals surface area contributed by atoms with Gasteiger partial charge in [-0.2, -0.15) is 0 Å². The van der Waals surface area contributed by atoms with Crippen molar-refractivity contribution < 1.29 is 4.79 Å². The quantitative estimate of drug-likeness (QED) is 0.651. The molecular formula is C11H23N3O. The molecule has 4 heteroatoms. The van der Waals surface area contributed by atoms with Gasteiger partial charge in [0.05, 0.1) is 6.04 Å². The zero-order chi connectivity index (χ0) is 11.3. The van der Waals surface area contributed by atoms with Crippen molar-refractivity contribution in [3.8, 4) is 0 Å². The van der Waals surface area contributed by atoms with Crippen LogP contribution < -0.4 is 11.1 Å². The van der Waals surface area contributed by atoms with Crippen LogP contribution in [-0.2, 0) is 4.79 Å². The Morgan fingerprint density at radius 1 is 1.53 bits per heavy atom. The van der Waals surface area contributed by atoms with Crippen molar-refractivity contribution in [1.29, 1.82) is 0 Å². The highest BCUT2D eigenvalue weighted by molar-refractivity contribution is 5.86. The van der Waals surface area contributed by atoms with Crippen molar-refractivity contribution in [3.05, 3.63) is 0 Å². The van der Waals surface area contributed by atoms with Gasteiger partial charge in [-0.3, -0.25) is 9.69 Å². The summed E-state index contributed by atoms with van der Waals surface area (Å²) in [5, 5.41) is 3.24. The van der Waals surface area contributed by atoms with Gasteiger partial charge >= 0.3 is 0 Å². The van der Waals surface area contributed by atoms with Crippen LogP contribution in [-0.4, -0.2) is 48.9 Å². The molecule has 88 valence electrons. The van der Waals surface area contributed by atoms with E-state index in [0.29, 0.717) is 24.8 Å². The zero-order valence-corrected chi connectivity index (χ0v) is 9.83. The second-order valence-corrected chi connectivity index (χ2v) is 4.43. The number of ketones is 1. The molecule has 1 rings (SSSR count). The van der Waals surface area contributed by atoms with Crippen LogP contribution >= 0.6 is 0 Å². The first-order valence-electron chi connectivity index (χ1n) is 5.85. The standard InChI is InChI=1S/C11H23N3O/c1-9(2)14(8-5-12)7-4-10-11(15)3-6-13-10/h9-10,13H,3-8,12H2,1-2H3. The molecule has 4 nitrogen and oxygen atoms in total. The lowest BCUT2D eigenvalue weighted by molar-refractivity contribution is -0.118. The Bertz CT molecular complexity index is 206. The van der Waals surface area contributed by atoms with Crippen LogP contribution in [0.1, 0.15) is 26.7 Å². The Balaban J connectivity index is 2.29. The topological polar surface area (TPSA) is 58.4 Å². The third kappa shape index (κ3) is 3.89. The fourth-order valence-electron chi connectivity index (χ4n) is 2.01. The van der Waals surface area contributed by atoms with E-state index in [2.05, 4.69) is 24.1 Å². The van der Waals surface area contributed by atoms with E-state index in [9.17, 15) is 4.79 Å². The van der Waals surface area contributed by atoms with Gasteiger partial charge in [0.2, 0.25) is 0 Å². The lowest BCUT2D eigenvalue weighted by Crippen LogP contribution is -2.39. The molecule has 0 amide bonds. The SMILES string of the molecule is CC(C)N(CCN)CCC1NCCC1=O. The second kappa shape index (κ2) is 6.20. The van der Waals surface area contributed by atoms with Crippen molar-refractivity contribution in [2.24, 2.45) is 5.73 Å². The largest absolute Gasteiger partial charge is 0.329 e. The van der Waals surface area contributed by atoms with Gasteiger partial charge in [0.25, 0.3) is 0 Å². The van der Waals surface area contributed by atoms with Crippen LogP contribution in [0.15, 0.2) is 0 Å². The van der Waals surface area contributed by atoms with E-state index < -0.39 is 0 Å². The average Bonchev–Trinajstić information content (AvgIpc) is 2.58. The summed E-state index contributed by atoms with van der Waals surface area (Å²) in [5.74, 6) is 0.367. The summed E-state index contributed by atoms with van der Waals surface area (Å²) in [6.07, 6.45) is 1.61. The number of nitrogens with zero attached hydrogens (tertiary/aromatic N) is 1. The highest BCUT2D eigenvalue weighted by Gasteiger charge is 2.24. The number of carbonyl (C=O) groups is 1. The summed E-state index contributed by atoms with van der Waals surface area (Å²) >= 11 is 0. The molecular weight excluding hydrogens is 190 g/mol. The molecule has 1 atom stereocenters. The van der Waals surface area contributed by atoms with Gasteiger partial charge in [-0.1, -0.05) is 0 Å². The number of hydrogen-bond donors (Lipinski definition) is 2. The van der Waals surface area contributed by atoms with Gasteiger partial charge in [0.15, 0.2) is 5.78 Å². The molecule has 0 aliphatic carbocycles. The fraction of sp³-hybridized carbons (Fsp3) is 0.909. The molecule has 0 aromatic heterocycles. The zero-order valence-electron chi connectivity index (χ0n) is 9.83. The third-order valence-corrected chi connectivity index (χ3v) is 3.00. The van der Waals surface area contributed by atoms with E-state index in [1.165, 1.54) is 0 Å². The number of rotatable bonds is 6. The maximum atomic E-state index is 11.4. The molecule has 0 spiro atoms. The number of hydrogen-bond acceptors (Lipinski definition) is 4. The molecule has 15 heavy (non-hydrogen) atoms. The molecule has 1 fully saturated rings. The normalized spacial score (nSPS) is 21.9. The maximum absolute atomic E-state index is 11.4. The third-order valence-electron chi connectivity index (χ3n) is 3.00. The smallest absolute Gasteiger partial charge is 0.151 e. The van der Waals surface area contributed by atoms with Gasteiger partial charge in [0, 0.05) is 38.6 Å². The monoisotopic (exact) mass is 213 g/mol. The first kappa shape index (κ1) is 12.6. The van der Waals surface area contributed by atoms with E-state index in [1.807, 2.05) is 0 Å². The molecule has 0 aromatic rings. The van der Waals surface area contributed by atoms with Crippen LogP contribution in [0.3, 0.4) is 0 Å². The van der Waals surface area contributed by atoms with Crippen LogP contribution in [0.5, 0.6) is 0 Å². The van der Waals surface area contributed by atoms with Crippen LogP contribution in [0.2, 0.25) is 0 Å². The molecule has 1 heterocycles. The van der Waals surface area contributed by atoms with Crippen molar-refractivity contribution >= 4 is 5.78 Å². The Morgan fingerprint density at radius 3 is 2.73 bits per heavy atom. The molecule has 0 bridgehead atoms. The molecule has 0 aromatic carbocycles. The summed E-state index contributed by atoms with van der Waals surface area (Å²) in [5.41, 5.74) is 5.55. The minimum Gasteiger partial charge on any atom is -0.329 e. The van der Waals surface area contributed by atoms with Crippen LogP contribution in [0.25, 0.3) is 0 Å². The van der Waals surface area contributed by atoms with Crippen molar-refractivity contribution in [3.63, 3.8) is 0 Å². The predicted molar refractivity (Wildman–Crippen MR) is 61.8 cm³/mol. The average molecular weight is 213 g/mol. The molecule has 3 N–H and O–H groups in total. The molecule has 1 aliphatic rings. The van der Waals surface area contributed by atoms with E-state index in [-0.39, 0.29) is 6.04 Å². The molecule has 0 saturated carbocycles. The van der Waals surface area contributed by atoms with E-state index in [1.54, 1.807) is 0 Å². The molecule has 1 saturated heterocycles. The van der Waals surface area contributed by atoms with E-state index >= 15 is 0 Å². The Kier molecular flexibility index (Phi) is 5.22. The molecule has 0 radical (unpaired) electrons. The number of nitrogens with two attached hydrogens (primary N) is 1. The minimum absolute atomic E-state index is 0.0871. The first-order chi connectivity index (χ1) is 7.15. The first-order valence-corrected chi connectivity index (χ1v) is 5.85. The summed E-state index contributed by atoms with van der Waals surface area (Å²) < 4.78 is 0. The molecule has 1 unspecified atom stereocenters. The van der Waals surface area contributed by atoms with Crippen molar-refractivity contribution in [2.45, 2.75) is 38.8 Å². The second-order valence-electron chi connectivity index (χ2n) is 4.43. The highest BCUT2D eigenvalue weighted by Crippen LogP contribution is 2.07. The Hall–Kier alpha value is -0.450. The number of Topliss-reactive ketones (excluding diaryl/α,β-unsaturated/α-hetero) is 1. The summed E-state index contributed by atoms with van der Waals surface area (Å²) in [6, 6.07) is 0.592. The van der Waals surface area contributed by atoms with Gasteiger partial charge in [-0.25, -0.2) is 0 Å². The Morgan fingerprint density at radius 2 is 2.27 bits per heavy atom. The van der Waals surface area contributed by atoms with Gasteiger partial charge in [-0.15, -0.1) is 0 Å². The van der Waals surface area contributed by atoms with E-state index in [0.717, 1.165) is 26.1 Å². The molecule has 1 aliphatic heterocycles.